The maximum absolute atomic E-state index is 4.27. The summed E-state index contributed by atoms with van der Waals surface area (Å²) in [6, 6.07) is 8.49. The number of hydrogen-bond acceptors (Lipinski definition) is 4. The van der Waals surface area contributed by atoms with Crippen molar-refractivity contribution in [1.29, 1.82) is 0 Å². The molecule has 0 unspecified atom stereocenters. The first-order valence-electron chi connectivity index (χ1n) is 7.24. The molecule has 0 aliphatic heterocycles. The average molecular weight is 313 g/mol. The molecule has 0 aliphatic rings. The molecule has 1 aromatic carbocycles. The van der Waals surface area contributed by atoms with Crippen molar-refractivity contribution in [3.63, 3.8) is 0 Å². The Morgan fingerprint density at radius 3 is 2.50 bits per heavy atom. The van der Waals surface area contributed by atoms with Gasteiger partial charge in [-0.3, -0.25) is 0 Å². The van der Waals surface area contributed by atoms with Gasteiger partial charge in [0.1, 0.15) is 5.82 Å². The molecule has 0 aliphatic carbocycles. The third-order valence-electron chi connectivity index (χ3n) is 3.49. The molecule has 2 aromatic heterocycles. The fourth-order valence-electron chi connectivity index (χ4n) is 2.28. The van der Waals surface area contributed by atoms with E-state index in [1.807, 2.05) is 17.8 Å². The van der Waals surface area contributed by atoms with Crippen LogP contribution in [0.4, 0.5) is 0 Å². The van der Waals surface area contributed by atoms with Crippen molar-refractivity contribution in [3.8, 4) is 5.69 Å². The molecule has 2 heterocycles. The summed E-state index contributed by atoms with van der Waals surface area (Å²) in [6.07, 6.45) is 5.53. The van der Waals surface area contributed by atoms with E-state index >= 15 is 0 Å². The fourth-order valence-corrected chi connectivity index (χ4v) is 3.15. The minimum absolute atomic E-state index is 0.390. The Labute approximate surface area is 134 Å². The molecule has 0 saturated heterocycles. The molecule has 3 aromatic rings. The van der Waals surface area contributed by atoms with Crippen LogP contribution in [0.15, 0.2) is 48.1 Å². The zero-order valence-corrected chi connectivity index (χ0v) is 13.8. The maximum atomic E-state index is 4.27. The SMILES string of the molecule is CC(C)c1nnc(SCc2ccc(-n3ccnc3)cc2)n1C. The van der Waals surface area contributed by atoms with Crippen LogP contribution in [0.5, 0.6) is 0 Å². The Morgan fingerprint density at radius 1 is 1.14 bits per heavy atom. The van der Waals surface area contributed by atoms with E-state index in [0.29, 0.717) is 5.92 Å². The molecule has 0 N–H and O–H groups in total. The van der Waals surface area contributed by atoms with Gasteiger partial charge in [0.2, 0.25) is 0 Å². The molecule has 0 amide bonds. The standard InChI is InChI=1S/C16H19N5S/c1-12(2)15-18-19-16(20(15)3)22-10-13-4-6-14(7-5-13)21-9-8-17-11-21/h4-9,11-12H,10H2,1-3H3. The van der Waals surface area contributed by atoms with E-state index in [1.54, 1.807) is 24.3 Å². The predicted octanol–water partition coefficient (Wildman–Crippen LogP) is 3.42. The molecule has 6 heteroatoms. The van der Waals surface area contributed by atoms with Crippen molar-refractivity contribution in [1.82, 2.24) is 24.3 Å². The van der Waals surface area contributed by atoms with E-state index in [-0.39, 0.29) is 0 Å². The highest BCUT2D eigenvalue weighted by Crippen LogP contribution is 2.23. The van der Waals surface area contributed by atoms with E-state index in [1.165, 1.54) is 5.56 Å². The molecule has 0 radical (unpaired) electrons. The lowest BCUT2D eigenvalue weighted by Gasteiger charge is -2.06. The van der Waals surface area contributed by atoms with Gasteiger partial charge in [-0.2, -0.15) is 0 Å². The molecule has 3 rings (SSSR count). The van der Waals surface area contributed by atoms with Crippen LogP contribution in [0.3, 0.4) is 0 Å². The fraction of sp³-hybridized carbons (Fsp3) is 0.312. The second-order valence-electron chi connectivity index (χ2n) is 5.48. The number of rotatable bonds is 5. The minimum atomic E-state index is 0.390. The molecular weight excluding hydrogens is 294 g/mol. The van der Waals surface area contributed by atoms with Crippen LogP contribution in [0.2, 0.25) is 0 Å². The van der Waals surface area contributed by atoms with Crippen LogP contribution in [0.1, 0.15) is 31.2 Å². The smallest absolute Gasteiger partial charge is 0.191 e. The summed E-state index contributed by atoms with van der Waals surface area (Å²) < 4.78 is 4.07. The van der Waals surface area contributed by atoms with Crippen molar-refractivity contribution < 1.29 is 0 Å². The molecule has 0 bridgehead atoms. The van der Waals surface area contributed by atoms with Crippen molar-refractivity contribution in [2.45, 2.75) is 30.7 Å². The number of aromatic nitrogens is 5. The van der Waals surface area contributed by atoms with Gasteiger partial charge in [-0.15, -0.1) is 10.2 Å². The molecular formula is C16H19N5S. The van der Waals surface area contributed by atoms with Crippen LogP contribution in [-0.2, 0) is 12.8 Å². The predicted molar refractivity (Wildman–Crippen MR) is 88.2 cm³/mol. The summed E-state index contributed by atoms with van der Waals surface area (Å²) >= 11 is 1.71. The van der Waals surface area contributed by atoms with Gasteiger partial charge in [0.15, 0.2) is 5.16 Å². The van der Waals surface area contributed by atoms with Gasteiger partial charge in [0, 0.05) is 36.8 Å². The van der Waals surface area contributed by atoms with E-state index in [4.69, 9.17) is 0 Å². The number of hydrogen-bond donors (Lipinski definition) is 0. The van der Waals surface area contributed by atoms with Gasteiger partial charge in [0.25, 0.3) is 0 Å². The highest BCUT2D eigenvalue weighted by atomic mass is 32.2. The number of thioether (sulfide) groups is 1. The first kappa shape index (κ1) is 14.8. The van der Waals surface area contributed by atoms with Gasteiger partial charge < -0.3 is 9.13 Å². The first-order chi connectivity index (χ1) is 10.6. The van der Waals surface area contributed by atoms with E-state index in [9.17, 15) is 0 Å². The summed E-state index contributed by atoms with van der Waals surface area (Å²) in [5.41, 5.74) is 2.38. The maximum Gasteiger partial charge on any atom is 0.191 e. The molecule has 22 heavy (non-hydrogen) atoms. The summed E-state index contributed by atoms with van der Waals surface area (Å²) in [7, 11) is 2.03. The van der Waals surface area contributed by atoms with E-state index < -0.39 is 0 Å². The van der Waals surface area contributed by atoms with Crippen LogP contribution < -0.4 is 0 Å². The summed E-state index contributed by atoms with van der Waals surface area (Å²) in [6.45, 7) is 4.26. The van der Waals surface area contributed by atoms with Crippen LogP contribution in [0, 0.1) is 0 Å². The quantitative estimate of drug-likeness (QED) is 0.677. The second-order valence-corrected chi connectivity index (χ2v) is 6.42. The van der Waals surface area contributed by atoms with Crippen molar-refractivity contribution in [3.05, 3.63) is 54.4 Å². The van der Waals surface area contributed by atoms with Gasteiger partial charge in [-0.05, 0) is 17.7 Å². The lowest BCUT2D eigenvalue weighted by Crippen LogP contribution is -2.00. The lowest BCUT2D eigenvalue weighted by molar-refractivity contribution is 0.680. The normalized spacial score (nSPS) is 11.3. The third kappa shape index (κ3) is 3.06. The van der Waals surface area contributed by atoms with Gasteiger partial charge in [-0.25, -0.2) is 4.98 Å². The molecule has 0 saturated carbocycles. The Bertz CT molecular complexity index is 728. The zero-order chi connectivity index (χ0) is 15.5. The topological polar surface area (TPSA) is 48.5 Å². The minimum Gasteiger partial charge on any atom is -0.309 e. The highest BCUT2D eigenvalue weighted by molar-refractivity contribution is 7.98. The average Bonchev–Trinajstić information content (AvgIpc) is 3.15. The van der Waals surface area contributed by atoms with Crippen LogP contribution in [-0.4, -0.2) is 24.3 Å². The number of imidazole rings is 1. The molecule has 0 spiro atoms. The third-order valence-corrected chi connectivity index (χ3v) is 4.58. The van der Waals surface area contributed by atoms with Crippen molar-refractivity contribution >= 4 is 11.8 Å². The Hall–Kier alpha value is -2.08. The molecule has 114 valence electrons. The van der Waals surface area contributed by atoms with Crippen LogP contribution in [0.25, 0.3) is 5.69 Å². The monoisotopic (exact) mass is 313 g/mol. The number of benzene rings is 1. The second kappa shape index (κ2) is 6.36. The summed E-state index contributed by atoms with van der Waals surface area (Å²) in [4.78, 5) is 4.06. The van der Waals surface area contributed by atoms with Crippen molar-refractivity contribution in [2.75, 3.05) is 0 Å². The Balaban J connectivity index is 1.67. The van der Waals surface area contributed by atoms with E-state index in [2.05, 4.69) is 57.9 Å². The largest absolute Gasteiger partial charge is 0.309 e. The van der Waals surface area contributed by atoms with Crippen molar-refractivity contribution in [2.24, 2.45) is 7.05 Å². The Kier molecular flexibility index (Phi) is 4.29. The first-order valence-corrected chi connectivity index (χ1v) is 8.23. The van der Waals surface area contributed by atoms with Crippen LogP contribution >= 0.6 is 11.8 Å². The number of nitrogens with zero attached hydrogens (tertiary/aromatic N) is 5. The zero-order valence-electron chi connectivity index (χ0n) is 13.0. The Morgan fingerprint density at radius 2 is 1.91 bits per heavy atom. The summed E-state index contributed by atoms with van der Waals surface area (Å²) in [5, 5.41) is 9.49. The highest BCUT2D eigenvalue weighted by Gasteiger charge is 2.12. The summed E-state index contributed by atoms with van der Waals surface area (Å²) in [5.74, 6) is 2.30. The van der Waals surface area contributed by atoms with Gasteiger partial charge in [0.05, 0.1) is 6.33 Å². The molecule has 5 nitrogen and oxygen atoms in total. The lowest BCUT2D eigenvalue weighted by atomic mass is 10.2. The van der Waals surface area contributed by atoms with Gasteiger partial charge in [-0.1, -0.05) is 37.7 Å². The van der Waals surface area contributed by atoms with E-state index in [0.717, 1.165) is 22.4 Å². The molecule has 0 fully saturated rings. The molecule has 0 atom stereocenters. The van der Waals surface area contributed by atoms with Gasteiger partial charge >= 0.3 is 0 Å².